The van der Waals surface area contributed by atoms with Gasteiger partial charge in [0, 0.05) is 0 Å². The predicted octanol–water partition coefficient (Wildman–Crippen LogP) is 4.34. The Labute approximate surface area is 162 Å². The van der Waals surface area contributed by atoms with Gasteiger partial charge in [-0.1, -0.05) is 36.0 Å². The fourth-order valence-electron chi connectivity index (χ4n) is 2.54. The molecule has 4 aromatic rings. The minimum Gasteiger partial charge on any atom is -0.510 e. The molecule has 0 radical (unpaired) electrons. The van der Waals surface area contributed by atoms with Crippen LogP contribution in [0.15, 0.2) is 63.9 Å². The molecule has 0 atom stereocenters. The van der Waals surface area contributed by atoms with E-state index >= 15 is 0 Å². The summed E-state index contributed by atoms with van der Waals surface area (Å²) in [7, 11) is 0. The van der Waals surface area contributed by atoms with Gasteiger partial charge in [-0.3, -0.25) is 0 Å². The summed E-state index contributed by atoms with van der Waals surface area (Å²) in [6.45, 7) is 0. The van der Waals surface area contributed by atoms with E-state index < -0.39 is 5.82 Å². The molecular formula is C19H12FN5O2S. The number of aliphatic hydroxyl groups excluding tert-OH is 1. The van der Waals surface area contributed by atoms with Gasteiger partial charge in [0.2, 0.25) is 0 Å². The lowest BCUT2D eigenvalue weighted by molar-refractivity contribution is 0.418. The number of halogens is 1. The zero-order chi connectivity index (χ0) is 19.5. The van der Waals surface area contributed by atoms with Gasteiger partial charge in [-0.25, -0.2) is 9.37 Å². The zero-order valence-electron chi connectivity index (χ0n) is 14.3. The number of imidazole rings is 1. The van der Waals surface area contributed by atoms with Crippen molar-refractivity contribution in [3.05, 3.63) is 65.9 Å². The molecule has 0 saturated heterocycles. The van der Waals surface area contributed by atoms with Crippen LogP contribution in [-0.2, 0) is 0 Å². The van der Waals surface area contributed by atoms with Crippen molar-refractivity contribution in [2.45, 2.75) is 5.22 Å². The summed E-state index contributed by atoms with van der Waals surface area (Å²) in [5.41, 5.74) is 1.67. The summed E-state index contributed by atoms with van der Waals surface area (Å²) >= 11 is 1.03. The number of para-hydroxylation sites is 2. The number of benzene rings is 2. The maximum Gasteiger partial charge on any atom is 0.277 e. The molecule has 4 rings (SSSR count). The molecular weight excluding hydrogens is 381 g/mol. The SMILES string of the molecule is N#C/C(=C(/O)CSc1nnc(-c2ccccc2F)o1)c1nc2ccccc2[nH]1. The Hall–Kier alpha value is -3.64. The molecule has 138 valence electrons. The molecule has 0 unspecified atom stereocenters. The quantitative estimate of drug-likeness (QED) is 0.295. The molecule has 9 heteroatoms. The lowest BCUT2D eigenvalue weighted by Gasteiger charge is -2.00. The van der Waals surface area contributed by atoms with Crippen molar-refractivity contribution in [1.29, 1.82) is 5.26 Å². The Kier molecular flexibility index (Phi) is 4.78. The van der Waals surface area contributed by atoms with Crippen LogP contribution in [0.5, 0.6) is 0 Å². The number of fused-ring (bicyclic) bond motifs is 1. The lowest BCUT2D eigenvalue weighted by Crippen LogP contribution is -1.95. The molecule has 0 bridgehead atoms. The Bertz CT molecular complexity index is 1190. The van der Waals surface area contributed by atoms with Crippen LogP contribution in [0.2, 0.25) is 0 Å². The van der Waals surface area contributed by atoms with Crippen LogP contribution in [-0.4, -0.2) is 31.0 Å². The number of allylic oxidation sites excluding steroid dienone is 1. The molecule has 2 aromatic carbocycles. The van der Waals surface area contributed by atoms with Crippen molar-refractivity contribution < 1.29 is 13.9 Å². The number of aromatic nitrogens is 4. The van der Waals surface area contributed by atoms with Gasteiger partial charge in [-0.05, 0) is 24.3 Å². The molecule has 0 spiro atoms. The van der Waals surface area contributed by atoms with Gasteiger partial charge in [-0.15, -0.1) is 10.2 Å². The number of nitriles is 1. The fourth-order valence-corrected chi connectivity index (χ4v) is 3.18. The second-order valence-corrected chi connectivity index (χ2v) is 6.60. The van der Waals surface area contributed by atoms with Crippen molar-refractivity contribution in [3.63, 3.8) is 0 Å². The Morgan fingerprint density at radius 2 is 1.96 bits per heavy atom. The molecule has 28 heavy (non-hydrogen) atoms. The van der Waals surface area contributed by atoms with Crippen LogP contribution in [0, 0.1) is 17.1 Å². The van der Waals surface area contributed by atoms with Gasteiger partial charge >= 0.3 is 0 Å². The van der Waals surface area contributed by atoms with Crippen molar-refractivity contribution in [2.24, 2.45) is 0 Å². The summed E-state index contributed by atoms with van der Waals surface area (Å²) in [6.07, 6.45) is 0. The second-order valence-electron chi connectivity index (χ2n) is 5.68. The number of hydrogen-bond donors (Lipinski definition) is 2. The van der Waals surface area contributed by atoms with E-state index in [4.69, 9.17) is 4.42 Å². The molecule has 2 N–H and O–H groups in total. The van der Waals surface area contributed by atoms with Crippen molar-refractivity contribution in [3.8, 4) is 17.5 Å². The van der Waals surface area contributed by atoms with Gasteiger partial charge in [-0.2, -0.15) is 5.26 Å². The Morgan fingerprint density at radius 1 is 1.18 bits per heavy atom. The van der Waals surface area contributed by atoms with Crippen LogP contribution in [0.1, 0.15) is 5.82 Å². The van der Waals surface area contributed by atoms with Gasteiger partial charge in [0.25, 0.3) is 11.1 Å². The molecule has 0 aliphatic heterocycles. The van der Waals surface area contributed by atoms with E-state index in [1.807, 2.05) is 24.3 Å². The van der Waals surface area contributed by atoms with E-state index in [9.17, 15) is 14.8 Å². The van der Waals surface area contributed by atoms with Crippen LogP contribution < -0.4 is 0 Å². The summed E-state index contributed by atoms with van der Waals surface area (Å²) in [5, 5.41) is 27.6. The van der Waals surface area contributed by atoms with E-state index in [1.165, 1.54) is 12.1 Å². The third kappa shape index (κ3) is 3.45. The van der Waals surface area contributed by atoms with Crippen LogP contribution >= 0.6 is 11.8 Å². The Morgan fingerprint density at radius 3 is 2.75 bits per heavy atom. The maximum atomic E-state index is 13.8. The van der Waals surface area contributed by atoms with Crippen molar-refractivity contribution >= 4 is 28.4 Å². The third-order valence-electron chi connectivity index (χ3n) is 3.87. The van der Waals surface area contributed by atoms with Gasteiger partial charge in [0.05, 0.1) is 22.3 Å². The predicted molar refractivity (Wildman–Crippen MR) is 102 cm³/mol. The average molecular weight is 393 g/mol. The Balaban J connectivity index is 1.53. The normalized spacial score (nSPS) is 12.0. The van der Waals surface area contributed by atoms with Gasteiger partial charge in [0.1, 0.15) is 23.2 Å². The highest BCUT2D eigenvalue weighted by Gasteiger charge is 2.16. The molecule has 2 aromatic heterocycles. The number of aliphatic hydroxyl groups is 1. The maximum absolute atomic E-state index is 13.8. The molecule has 0 fully saturated rings. The zero-order valence-corrected chi connectivity index (χ0v) is 15.1. The highest BCUT2D eigenvalue weighted by molar-refractivity contribution is 7.99. The first-order valence-corrected chi connectivity index (χ1v) is 9.13. The minimum atomic E-state index is -0.470. The number of aromatic amines is 1. The monoisotopic (exact) mass is 393 g/mol. The van der Waals surface area contributed by atoms with Crippen LogP contribution in [0.25, 0.3) is 28.1 Å². The molecule has 0 aliphatic carbocycles. The summed E-state index contributed by atoms with van der Waals surface area (Å²) in [5.74, 6) is -0.320. The topological polar surface area (TPSA) is 112 Å². The van der Waals surface area contributed by atoms with Gasteiger partial charge < -0.3 is 14.5 Å². The molecule has 2 heterocycles. The third-order valence-corrected chi connectivity index (χ3v) is 4.70. The standard InChI is InChI=1S/C19H12FN5O2S/c20-13-6-2-1-5-11(13)18-24-25-19(27-18)28-10-16(26)12(9-21)17-22-14-7-3-4-8-15(14)23-17/h1-8,26H,10H2,(H,22,23)/b16-12-. The van der Waals surface area contributed by atoms with E-state index in [0.29, 0.717) is 5.52 Å². The number of thioether (sulfide) groups is 1. The smallest absolute Gasteiger partial charge is 0.277 e. The van der Waals surface area contributed by atoms with Crippen molar-refractivity contribution in [2.75, 3.05) is 5.75 Å². The van der Waals surface area contributed by atoms with Crippen molar-refractivity contribution in [1.82, 2.24) is 20.2 Å². The average Bonchev–Trinajstić information content (AvgIpc) is 3.34. The van der Waals surface area contributed by atoms with Gasteiger partial charge in [0.15, 0.2) is 5.82 Å². The number of rotatable bonds is 5. The first-order chi connectivity index (χ1) is 13.7. The molecule has 0 aliphatic rings. The highest BCUT2D eigenvalue weighted by Crippen LogP contribution is 2.27. The summed E-state index contributed by atoms with van der Waals surface area (Å²) in [6, 6.07) is 15.3. The number of H-pyrrole nitrogens is 1. The number of hydrogen-bond acceptors (Lipinski definition) is 7. The van der Waals surface area contributed by atoms with E-state index in [1.54, 1.807) is 18.2 Å². The molecule has 0 saturated carbocycles. The molecule has 0 amide bonds. The lowest BCUT2D eigenvalue weighted by atomic mass is 10.2. The second kappa shape index (κ2) is 7.54. The van der Waals surface area contributed by atoms with Crippen LogP contribution in [0.4, 0.5) is 4.39 Å². The molecule has 7 nitrogen and oxygen atoms in total. The first-order valence-electron chi connectivity index (χ1n) is 8.14. The van der Waals surface area contributed by atoms with E-state index in [0.717, 1.165) is 17.3 Å². The summed E-state index contributed by atoms with van der Waals surface area (Å²) < 4.78 is 19.2. The highest BCUT2D eigenvalue weighted by atomic mass is 32.2. The first kappa shape index (κ1) is 17.8. The van der Waals surface area contributed by atoms with E-state index in [-0.39, 0.29) is 39.6 Å². The largest absolute Gasteiger partial charge is 0.510 e. The fraction of sp³-hybridized carbons (Fsp3) is 0.0526. The van der Waals surface area contributed by atoms with Crippen LogP contribution in [0.3, 0.4) is 0 Å². The number of nitrogens with one attached hydrogen (secondary N) is 1. The number of nitrogens with zero attached hydrogens (tertiary/aromatic N) is 4. The minimum absolute atomic E-state index is 0.0127. The summed E-state index contributed by atoms with van der Waals surface area (Å²) in [4.78, 5) is 7.32. The van der Waals surface area contributed by atoms with E-state index in [2.05, 4.69) is 20.2 Å².